The molecule has 1 rings (SSSR count). The molecule has 98 valence electrons. The number of nitrogens with zero attached hydrogens (tertiary/aromatic N) is 1. The fourth-order valence-corrected chi connectivity index (χ4v) is 1.23. The van der Waals surface area contributed by atoms with E-state index in [-0.39, 0.29) is 5.56 Å². The predicted octanol–water partition coefficient (Wildman–Crippen LogP) is 0.450. The number of hydrogen-bond donors (Lipinski definition) is 4. The van der Waals surface area contributed by atoms with Crippen molar-refractivity contribution in [2.24, 2.45) is 5.22 Å². The van der Waals surface area contributed by atoms with Gasteiger partial charge in [0.15, 0.2) is 0 Å². The number of amides is 2. The van der Waals surface area contributed by atoms with Crippen LogP contribution in [0.4, 0.5) is 0 Å². The first-order valence-corrected chi connectivity index (χ1v) is 5.02. The van der Waals surface area contributed by atoms with E-state index in [9.17, 15) is 14.4 Å². The van der Waals surface area contributed by atoms with E-state index in [1.165, 1.54) is 29.8 Å². The third-order valence-electron chi connectivity index (χ3n) is 2.05. The molecule has 1 aromatic rings. The van der Waals surface area contributed by atoms with Crippen LogP contribution >= 0.6 is 0 Å². The highest BCUT2D eigenvalue weighted by atomic mass is 16.5. The second-order valence-corrected chi connectivity index (χ2v) is 3.32. The Bertz CT molecular complexity index is 553. The molecule has 1 aromatic carbocycles. The van der Waals surface area contributed by atoms with E-state index < -0.39 is 17.6 Å². The zero-order valence-electron chi connectivity index (χ0n) is 9.58. The van der Waals surface area contributed by atoms with Gasteiger partial charge < -0.3 is 0 Å². The molecule has 19 heavy (non-hydrogen) atoms. The standard InChI is InChI=1S/C11H10N4O4/c12-15-13-11(18)10(17)8-3-1-2-7(6-8)4-5-9(16)14-19/h1-6,19H,(H,14,16)(H2,12,13,18)/b5-4+. The van der Waals surface area contributed by atoms with E-state index in [1.54, 1.807) is 11.5 Å². The second-order valence-electron chi connectivity index (χ2n) is 3.32. The van der Waals surface area contributed by atoms with Crippen molar-refractivity contribution < 1.29 is 19.6 Å². The first-order valence-electron chi connectivity index (χ1n) is 5.02. The van der Waals surface area contributed by atoms with Crippen molar-refractivity contribution in [1.82, 2.24) is 10.9 Å². The van der Waals surface area contributed by atoms with Crippen LogP contribution in [0, 0.1) is 5.53 Å². The summed E-state index contributed by atoms with van der Waals surface area (Å²) in [5.41, 5.74) is 10.1. The molecule has 0 atom stereocenters. The number of nitrogens with one attached hydrogen (secondary N) is 3. The van der Waals surface area contributed by atoms with Crippen LogP contribution in [0.15, 0.2) is 35.6 Å². The van der Waals surface area contributed by atoms with Gasteiger partial charge in [-0.25, -0.2) is 10.9 Å². The van der Waals surface area contributed by atoms with Crippen molar-refractivity contribution in [3.63, 3.8) is 0 Å². The van der Waals surface area contributed by atoms with Crippen LogP contribution < -0.4 is 10.9 Å². The van der Waals surface area contributed by atoms with Crippen molar-refractivity contribution >= 4 is 23.7 Å². The van der Waals surface area contributed by atoms with Gasteiger partial charge in [0.1, 0.15) is 0 Å². The SMILES string of the molecule is N=NNC(=O)C(=O)c1cccc(/C=C/C(=O)NO)c1. The average Bonchev–Trinajstić information content (AvgIpc) is 2.44. The summed E-state index contributed by atoms with van der Waals surface area (Å²) >= 11 is 0. The maximum Gasteiger partial charge on any atom is 0.313 e. The second kappa shape index (κ2) is 6.77. The Labute approximate surface area is 107 Å². The van der Waals surface area contributed by atoms with Crippen LogP contribution in [0.2, 0.25) is 0 Å². The number of ketones is 1. The van der Waals surface area contributed by atoms with Crippen LogP contribution in [0.3, 0.4) is 0 Å². The topological polar surface area (TPSA) is 132 Å². The van der Waals surface area contributed by atoms with Crippen molar-refractivity contribution in [3.8, 4) is 0 Å². The van der Waals surface area contributed by atoms with Gasteiger partial charge in [0.05, 0.1) is 0 Å². The van der Waals surface area contributed by atoms with Gasteiger partial charge in [-0.2, -0.15) is 5.53 Å². The summed E-state index contributed by atoms with van der Waals surface area (Å²) in [4.78, 5) is 33.5. The number of rotatable bonds is 5. The van der Waals surface area contributed by atoms with Crippen molar-refractivity contribution in [1.29, 1.82) is 5.53 Å². The summed E-state index contributed by atoms with van der Waals surface area (Å²) in [5, 5.41) is 10.9. The molecule has 0 heterocycles. The van der Waals surface area contributed by atoms with Crippen LogP contribution in [0.1, 0.15) is 15.9 Å². The fraction of sp³-hybridized carbons (Fsp3) is 0. The van der Waals surface area contributed by atoms with Crippen molar-refractivity contribution in [3.05, 3.63) is 41.5 Å². The molecule has 0 aliphatic rings. The third-order valence-corrected chi connectivity index (χ3v) is 2.05. The molecule has 0 aliphatic carbocycles. The minimum atomic E-state index is -1.02. The summed E-state index contributed by atoms with van der Waals surface area (Å²) in [6, 6.07) is 5.92. The minimum absolute atomic E-state index is 0.0905. The number of carbonyl (C=O) groups is 3. The summed E-state index contributed by atoms with van der Waals surface area (Å²) in [6.07, 6.45) is 2.41. The zero-order chi connectivity index (χ0) is 14.3. The van der Waals surface area contributed by atoms with Crippen LogP contribution in [-0.2, 0) is 9.59 Å². The molecule has 0 saturated carbocycles. The van der Waals surface area contributed by atoms with Gasteiger partial charge in [0, 0.05) is 11.6 Å². The van der Waals surface area contributed by atoms with E-state index >= 15 is 0 Å². The first-order chi connectivity index (χ1) is 9.08. The molecule has 0 aliphatic heterocycles. The number of Topliss-reactive ketones (excluding diaryl/α,β-unsaturated/α-hetero) is 1. The molecule has 0 saturated heterocycles. The maximum atomic E-state index is 11.6. The van der Waals surface area contributed by atoms with Crippen LogP contribution in [0.5, 0.6) is 0 Å². The molecule has 0 unspecified atom stereocenters. The maximum absolute atomic E-state index is 11.6. The van der Waals surface area contributed by atoms with Crippen LogP contribution in [0.25, 0.3) is 6.08 Å². The molecular weight excluding hydrogens is 252 g/mol. The number of benzene rings is 1. The minimum Gasteiger partial charge on any atom is -0.288 e. The quantitative estimate of drug-likeness (QED) is 0.153. The molecule has 0 fully saturated rings. The summed E-state index contributed by atoms with van der Waals surface area (Å²) in [7, 11) is 0. The molecule has 8 heteroatoms. The monoisotopic (exact) mass is 262 g/mol. The highest BCUT2D eigenvalue weighted by molar-refractivity contribution is 6.42. The lowest BCUT2D eigenvalue weighted by atomic mass is 10.1. The Balaban J connectivity index is 2.91. The molecule has 2 amide bonds. The van der Waals surface area contributed by atoms with Gasteiger partial charge >= 0.3 is 5.91 Å². The summed E-state index contributed by atoms with van der Waals surface area (Å²) in [5.74, 6) is -2.59. The average molecular weight is 262 g/mol. The lowest BCUT2D eigenvalue weighted by Crippen LogP contribution is -2.26. The smallest absolute Gasteiger partial charge is 0.288 e. The number of hydrogen-bond acceptors (Lipinski definition) is 6. The highest BCUT2D eigenvalue weighted by Gasteiger charge is 2.15. The lowest BCUT2D eigenvalue weighted by molar-refractivity contribution is -0.124. The zero-order valence-corrected chi connectivity index (χ0v) is 9.58. The Morgan fingerprint density at radius 2 is 2.05 bits per heavy atom. The molecule has 4 N–H and O–H groups in total. The van der Waals surface area contributed by atoms with E-state index in [0.29, 0.717) is 5.56 Å². The van der Waals surface area contributed by atoms with Gasteiger partial charge in [-0.1, -0.05) is 23.4 Å². The lowest BCUT2D eigenvalue weighted by Gasteiger charge is -2.00. The fourth-order valence-electron chi connectivity index (χ4n) is 1.23. The van der Waals surface area contributed by atoms with Crippen molar-refractivity contribution in [2.75, 3.05) is 0 Å². The van der Waals surface area contributed by atoms with E-state index in [1.807, 2.05) is 0 Å². The Hall–Kier alpha value is -2.87. The van der Waals surface area contributed by atoms with Gasteiger partial charge in [0.25, 0.3) is 11.7 Å². The molecule has 0 bridgehead atoms. The normalized spacial score (nSPS) is 9.95. The Morgan fingerprint density at radius 3 is 2.68 bits per heavy atom. The largest absolute Gasteiger partial charge is 0.313 e. The molecule has 0 radical (unpaired) electrons. The van der Waals surface area contributed by atoms with E-state index in [4.69, 9.17) is 10.7 Å². The molecule has 0 aromatic heterocycles. The Kier molecular flexibility index (Phi) is 5.05. The first kappa shape index (κ1) is 14.2. The van der Waals surface area contributed by atoms with Gasteiger partial charge in [-0.15, -0.1) is 0 Å². The van der Waals surface area contributed by atoms with E-state index in [0.717, 1.165) is 6.08 Å². The summed E-state index contributed by atoms with van der Waals surface area (Å²) in [6.45, 7) is 0. The van der Waals surface area contributed by atoms with Gasteiger partial charge in [-0.05, 0) is 17.7 Å². The third kappa shape index (κ3) is 4.13. The highest BCUT2D eigenvalue weighted by Crippen LogP contribution is 2.08. The van der Waals surface area contributed by atoms with Crippen LogP contribution in [-0.4, -0.2) is 22.8 Å². The molecule has 0 spiro atoms. The molecule has 8 nitrogen and oxygen atoms in total. The summed E-state index contributed by atoms with van der Waals surface area (Å²) < 4.78 is 0. The Morgan fingerprint density at radius 1 is 1.32 bits per heavy atom. The van der Waals surface area contributed by atoms with Gasteiger partial charge in [-0.3, -0.25) is 19.6 Å². The number of hydroxylamine groups is 1. The van der Waals surface area contributed by atoms with Crippen molar-refractivity contribution in [2.45, 2.75) is 0 Å². The molecular formula is C11H10N4O4. The predicted molar refractivity (Wildman–Crippen MR) is 63.0 cm³/mol. The van der Waals surface area contributed by atoms with Gasteiger partial charge in [0.2, 0.25) is 0 Å². The number of carbonyl (C=O) groups excluding carboxylic acids is 3. The van der Waals surface area contributed by atoms with E-state index in [2.05, 4.69) is 5.22 Å².